The zero-order chi connectivity index (χ0) is 21.3. The fourth-order valence-electron chi connectivity index (χ4n) is 2.95. The molecule has 0 aliphatic rings. The number of amides is 1. The van der Waals surface area contributed by atoms with Crippen molar-refractivity contribution in [2.75, 3.05) is 12.4 Å². The molecular formula is C21H16F2N4O3. The first-order valence-electron chi connectivity index (χ1n) is 8.88. The van der Waals surface area contributed by atoms with Crippen LogP contribution in [0.3, 0.4) is 0 Å². The second-order valence-corrected chi connectivity index (χ2v) is 6.39. The number of hydrogen-bond acceptors (Lipinski definition) is 5. The predicted molar refractivity (Wildman–Crippen MR) is 106 cm³/mol. The van der Waals surface area contributed by atoms with Crippen LogP contribution >= 0.6 is 0 Å². The van der Waals surface area contributed by atoms with Crippen LogP contribution in [-0.4, -0.2) is 32.7 Å². The predicted octanol–water partition coefficient (Wildman–Crippen LogP) is 4.30. The Balaban J connectivity index is 1.78. The number of aromatic hydroxyl groups is 1. The standard InChI is InChI=1S/C21H16F2N4O3/c1-30-15-8-2-12(3-9-15)17-10-18(19(22)23)27-20(26-17)16(11-24-27)21(29)25-13-4-6-14(28)7-5-13/h2-11,19,28H,1H3,(H,25,29). The second kappa shape index (κ2) is 7.78. The van der Waals surface area contributed by atoms with Gasteiger partial charge in [0, 0.05) is 11.3 Å². The van der Waals surface area contributed by atoms with Crippen molar-refractivity contribution in [3.05, 3.63) is 72.1 Å². The molecule has 0 aliphatic heterocycles. The smallest absolute Gasteiger partial charge is 0.280 e. The van der Waals surface area contributed by atoms with Crippen LogP contribution in [-0.2, 0) is 0 Å². The number of hydrogen-bond donors (Lipinski definition) is 2. The van der Waals surface area contributed by atoms with Crippen molar-refractivity contribution in [2.24, 2.45) is 0 Å². The van der Waals surface area contributed by atoms with Gasteiger partial charge in [-0.2, -0.15) is 5.10 Å². The van der Waals surface area contributed by atoms with Crippen LogP contribution in [0.4, 0.5) is 14.5 Å². The summed E-state index contributed by atoms with van der Waals surface area (Å²) < 4.78 is 33.4. The monoisotopic (exact) mass is 410 g/mol. The van der Waals surface area contributed by atoms with Gasteiger partial charge >= 0.3 is 0 Å². The van der Waals surface area contributed by atoms with Crippen LogP contribution in [0, 0.1) is 0 Å². The number of carbonyl (C=O) groups is 1. The number of aromatic nitrogens is 3. The van der Waals surface area contributed by atoms with E-state index in [1.165, 1.54) is 43.6 Å². The molecule has 9 heteroatoms. The maximum atomic E-state index is 13.7. The van der Waals surface area contributed by atoms with Gasteiger partial charge in [-0.15, -0.1) is 0 Å². The topological polar surface area (TPSA) is 88.8 Å². The summed E-state index contributed by atoms with van der Waals surface area (Å²) in [5.74, 6) is 0.110. The summed E-state index contributed by atoms with van der Waals surface area (Å²) in [6.45, 7) is 0. The highest BCUT2D eigenvalue weighted by Crippen LogP contribution is 2.28. The van der Waals surface area contributed by atoms with Crippen molar-refractivity contribution < 1.29 is 23.4 Å². The molecule has 0 spiro atoms. The van der Waals surface area contributed by atoms with E-state index < -0.39 is 12.3 Å². The molecule has 2 aromatic carbocycles. The molecule has 4 rings (SSSR count). The van der Waals surface area contributed by atoms with Crippen molar-refractivity contribution in [3.8, 4) is 22.8 Å². The highest BCUT2D eigenvalue weighted by Gasteiger charge is 2.21. The number of carbonyl (C=O) groups excluding carboxylic acids is 1. The van der Waals surface area contributed by atoms with Crippen LogP contribution in [0.15, 0.2) is 60.8 Å². The first-order chi connectivity index (χ1) is 14.5. The van der Waals surface area contributed by atoms with Gasteiger partial charge in [0.25, 0.3) is 12.3 Å². The molecule has 0 fully saturated rings. The maximum Gasteiger partial charge on any atom is 0.280 e. The number of nitrogens with one attached hydrogen (secondary N) is 1. The molecule has 2 aromatic heterocycles. The van der Waals surface area contributed by atoms with Gasteiger partial charge in [0.2, 0.25) is 0 Å². The van der Waals surface area contributed by atoms with Crippen LogP contribution in [0.25, 0.3) is 16.9 Å². The number of nitrogens with zero attached hydrogens (tertiary/aromatic N) is 3. The van der Waals surface area contributed by atoms with Crippen LogP contribution in [0.2, 0.25) is 0 Å². The van der Waals surface area contributed by atoms with Crippen LogP contribution in [0.1, 0.15) is 22.5 Å². The van der Waals surface area contributed by atoms with Crippen molar-refractivity contribution in [1.29, 1.82) is 0 Å². The Bertz CT molecular complexity index is 1210. The van der Waals surface area contributed by atoms with E-state index in [2.05, 4.69) is 15.4 Å². The molecule has 0 bridgehead atoms. The van der Waals surface area contributed by atoms with Crippen LogP contribution < -0.4 is 10.1 Å². The average molecular weight is 410 g/mol. The van der Waals surface area contributed by atoms with Crippen molar-refractivity contribution in [2.45, 2.75) is 6.43 Å². The molecule has 0 saturated heterocycles. The van der Waals surface area contributed by atoms with Gasteiger partial charge in [-0.1, -0.05) is 0 Å². The summed E-state index contributed by atoms with van der Waals surface area (Å²) in [5.41, 5.74) is 0.966. The minimum absolute atomic E-state index is 0.00916. The third kappa shape index (κ3) is 3.64. The van der Waals surface area contributed by atoms with E-state index >= 15 is 0 Å². The van der Waals surface area contributed by atoms with Gasteiger partial charge in [0.1, 0.15) is 22.8 Å². The van der Waals surface area contributed by atoms with Gasteiger partial charge in [0.15, 0.2) is 5.65 Å². The molecule has 0 aliphatic carbocycles. The lowest BCUT2D eigenvalue weighted by molar-refractivity contribution is 0.102. The molecule has 0 unspecified atom stereocenters. The number of alkyl halides is 2. The Hall–Kier alpha value is -4.01. The summed E-state index contributed by atoms with van der Waals surface area (Å²) >= 11 is 0. The molecule has 2 heterocycles. The second-order valence-electron chi connectivity index (χ2n) is 6.39. The van der Waals surface area contributed by atoms with Gasteiger partial charge < -0.3 is 15.2 Å². The Morgan fingerprint density at radius 2 is 1.83 bits per heavy atom. The van der Waals surface area contributed by atoms with Gasteiger partial charge in [-0.05, 0) is 54.6 Å². The zero-order valence-electron chi connectivity index (χ0n) is 15.7. The van der Waals surface area contributed by atoms with Crippen molar-refractivity contribution >= 4 is 17.2 Å². The molecule has 7 nitrogen and oxygen atoms in total. The fourth-order valence-corrected chi connectivity index (χ4v) is 2.95. The van der Waals surface area contributed by atoms with E-state index in [9.17, 15) is 18.7 Å². The summed E-state index contributed by atoms with van der Waals surface area (Å²) in [5, 5.41) is 15.9. The van der Waals surface area contributed by atoms with Crippen molar-refractivity contribution in [3.63, 3.8) is 0 Å². The molecule has 1 amide bonds. The first kappa shape index (κ1) is 19.3. The van der Waals surface area contributed by atoms with Crippen LogP contribution in [0.5, 0.6) is 11.5 Å². The number of fused-ring (bicyclic) bond motifs is 1. The quantitative estimate of drug-likeness (QED) is 0.479. The Labute approximate surface area is 169 Å². The summed E-state index contributed by atoms with van der Waals surface area (Å²) in [4.78, 5) is 17.1. The lowest BCUT2D eigenvalue weighted by atomic mass is 10.1. The van der Waals surface area contributed by atoms with E-state index in [1.807, 2.05) is 0 Å². The third-order valence-electron chi connectivity index (χ3n) is 4.48. The molecule has 0 atom stereocenters. The number of phenolic OH excluding ortho intramolecular Hbond substituents is 1. The lowest BCUT2D eigenvalue weighted by Crippen LogP contribution is -2.12. The summed E-state index contributed by atoms with van der Waals surface area (Å²) in [7, 11) is 1.53. The van der Waals surface area contributed by atoms with E-state index in [1.54, 1.807) is 24.3 Å². The average Bonchev–Trinajstić information content (AvgIpc) is 3.18. The molecule has 0 saturated carbocycles. The Morgan fingerprint density at radius 3 is 2.47 bits per heavy atom. The number of anilines is 1. The number of benzene rings is 2. The largest absolute Gasteiger partial charge is 0.508 e. The SMILES string of the molecule is COc1ccc(-c2cc(C(F)F)n3ncc(C(=O)Nc4ccc(O)cc4)c3n2)cc1. The summed E-state index contributed by atoms with van der Waals surface area (Å²) in [6, 6.07) is 13.9. The summed E-state index contributed by atoms with van der Waals surface area (Å²) in [6.07, 6.45) is -1.62. The molecular weight excluding hydrogens is 394 g/mol. The number of phenols is 1. The highest BCUT2D eigenvalue weighted by molar-refractivity contribution is 6.08. The highest BCUT2D eigenvalue weighted by atomic mass is 19.3. The number of methoxy groups -OCH3 is 1. The zero-order valence-corrected chi connectivity index (χ0v) is 15.7. The fraction of sp³-hybridized carbons (Fsp3) is 0.0952. The molecule has 2 N–H and O–H groups in total. The molecule has 152 valence electrons. The van der Waals surface area contributed by atoms with E-state index in [0.29, 0.717) is 17.0 Å². The molecule has 4 aromatic rings. The Morgan fingerprint density at radius 1 is 1.13 bits per heavy atom. The van der Waals surface area contributed by atoms with Crippen molar-refractivity contribution in [1.82, 2.24) is 14.6 Å². The maximum absolute atomic E-state index is 13.7. The number of rotatable bonds is 5. The molecule has 0 radical (unpaired) electrons. The normalized spacial score (nSPS) is 11.1. The first-order valence-corrected chi connectivity index (χ1v) is 8.88. The van der Waals surface area contributed by atoms with E-state index in [0.717, 1.165) is 4.52 Å². The number of ether oxygens (including phenoxy) is 1. The van der Waals surface area contributed by atoms with Gasteiger partial charge in [-0.25, -0.2) is 18.3 Å². The molecule has 30 heavy (non-hydrogen) atoms. The Kier molecular flexibility index (Phi) is 5.01. The van der Waals surface area contributed by atoms with E-state index in [-0.39, 0.29) is 28.3 Å². The lowest BCUT2D eigenvalue weighted by Gasteiger charge is -2.09. The van der Waals surface area contributed by atoms with Gasteiger partial charge in [-0.3, -0.25) is 4.79 Å². The minimum Gasteiger partial charge on any atom is -0.508 e. The van der Waals surface area contributed by atoms with E-state index in [4.69, 9.17) is 4.74 Å². The minimum atomic E-state index is -2.82. The van der Waals surface area contributed by atoms with Gasteiger partial charge in [0.05, 0.1) is 19.0 Å². The third-order valence-corrected chi connectivity index (χ3v) is 4.48. The number of halogens is 2.